The first-order valence-electron chi connectivity index (χ1n) is 13.7. The summed E-state index contributed by atoms with van der Waals surface area (Å²) in [6.07, 6.45) is 5.00. The van der Waals surface area contributed by atoms with Crippen molar-refractivity contribution in [1.82, 2.24) is 20.3 Å². The molecule has 0 saturated heterocycles. The van der Waals surface area contributed by atoms with Gasteiger partial charge in [-0.2, -0.15) is 0 Å². The van der Waals surface area contributed by atoms with Crippen molar-refractivity contribution in [3.63, 3.8) is 0 Å². The van der Waals surface area contributed by atoms with Crippen molar-refractivity contribution in [2.24, 2.45) is 5.92 Å². The van der Waals surface area contributed by atoms with Gasteiger partial charge in [-0.05, 0) is 80.4 Å². The van der Waals surface area contributed by atoms with E-state index >= 15 is 0 Å². The Kier molecular flexibility index (Phi) is 11.0. The van der Waals surface area contributed by atoms with Crippen LogP contribution in [-0.4, -0.2) is 63.7 Å². The topological polar surface area (TPSA) is 153 Å². The Balaban J connectivity index is 1.58. The van der Waals surface area contributed by atoms with Crippen molar-refractivity contribution < 1.29 is 29.0 Å². The number of rotatable bonds is 14. The van der Waals surface area contributed by atoms with Crippen LogP contribution in [0.4, 0.5) is 11.5 Å². The molecule has 1 atom stereocenters. The number of anilines is 2. The zero-order valence-corrected chi connectivity index (χ0v) is 25.6. The minimum Gasteiger partial charge on any atom is -0.481 e. The highest BCUT2D eigenvalue weighted by Crippen LogP contribution is 2.31. The molecule has 4 aromatic rings. The first-order chi connectivity index (χ1) is 21.1. The van der Waals surface area contributed by atoms with Crippen molar-refractivity contribution in [3.05, 3.63) is 82.8 Å². The van der Waals surface area contributed by atoms with E-state index in [1.54, 1.807) is 6.20 Å². The number of thioether (sulfide) groups is 1. The number of aryl methyl sites for hydroxylation is 2. The molecule has 4 rings (SSSR count). The molecule has 0 aliphatic carbocycles. The molecule has 1 amide bonds. The number of pyridine rings is 1. The second-order valence-corrected chi connectivity index (χ2v) is 11.1. The predicted molar refractivity (Wildman–Crippen MR) is 170 cm³/mol. The second kappa shape index (κ2) is 15.1. The number of carbonyl (C=O) groups excluding carboxylic acids is 2. The summed E-state index contributed by atoms with van der Waals surface area (Å²) < 4.78 is 10.9. The van der Waals surface area contributed by atoms with E-state index in [0.29, 0.717) is 27.7 Å². The van der Waals surface area contributed by atoms with Gasteiger partial charge < -0.3 is 25.2 Å². The summed E-state index contributed by atoms with van der Waals surface area (Å²) in [6.45, 7) is 5.15. The number of amides is 1. The van der Waals surface area contributed by atoms with Gasteiger partial charge in [0.05, 0.1) is 11.7 Å². The number of fused-ring (bicyclic) bond motifs is 1. The standard InChI is InChI=1S/C32H33N5O6S/c1-19-11-23(7-10-29(19)43-24-8-5-20(2)33-14-24)37-31-26-13-22(6-9-28(26)35-18-36-31)12-25(15-34-30(39)16-42-4)44-17-27(21(3)38)32(40)41/h5-14,18,27H,15-17H2,1-4H3,(H,34,39)(H,40,41)(H,35,36,37)/b25-12+. The van der Waals surface area contributed by atoms with Crippen molar-refractivity contribution in [2.75, 3.05) is 31.3 Å². The fourth-order valence-electron chi connectivity index (χ4n) is 4.13. The molecule has 0 fully saturated rings. The molecule has 0 aliphatic heterocycles. The average molecular weight is 616 g/mol. The maximum absolute atomic E-state index is 12.0. The molecule has 228 valence electrons. The fraction of sp³-hybridized carbons (Fsp3) is 0.250. The number of ketones is 1. The number of carbonyl (C=O) groups is 3. The van der Waals surface area contributed by atoms with Crippen LogP contribution in [0.25, 0.3) is 17.0 Å². The van der Waals surface area contributed by atoms with E-state index in [1.165, 1.54) is 32.1 Å². The highest BCUT2D eigenvalue weighted by Gasteiger charge is 2.23. The summed E-state index contributed by atoms with van der Waals surface area (Å²) in [5.74, 6) is -1.13. The Labute approximate surface area is 259 Å². The van der Waals surface area contributed by atoms with Crippen LogP contribution in [0.1, 0.15) is 23.7 Å². The average Bonchev–Trinajstić information content (AvgIpc) is 2.98. The fourth-order valence-corrected chi connectivity index (χ4v) is 5.29. The number of hydrogen-bond acceptors (Lipinski definition) is 10. The van der Waals surface area contributed by atoms with Gasteiger partial charge in [-0.15, -0.1) is 11.8 Å². The molecule has 3 N–H and O–H groups in total. The van der Waals surface area contributed by atoms with Gasteiger partial charge in [-0.3, -0.25) is 19.4 Å². The molecule has 2 heterocycles. The van der Waals surface area contributed by atoms with Gasteiger partial charge in [-0.25, -0.2) is 9.97 Å². The number of Topliss-reactive ketones (excluding diaryl/α,β-unsaturated/α-hetero) is 1. The monoisotopic (exact) mass is 615 g/mol. The molecule has 0 radical (unpaired) electrons. The number of methoxy groups -OCH3 is 1. The van der Waals surface area contributed by atoms with Gasteiger partial charge >= 0.3 is 5.97 Å². The lowest BCUT2D eigenvalue weighted by atomic mass is 10.1. The predicted octanol–water partition coefficient (Wildman–Crippen LogP) is 5.30. The SMILES string of the molecule is COCC(=O)NC/C(=C\c1ccc2ncnc(Nc3ccc(Oc4ccc(C)nc4)c(C)c3)c2c1)SCC(C(C)=O)C(=O)O. The van der Waals surface area contributed by atoms with E-state index in [1.807, 2.05) is 68.5 Å². The maximum atomic E-state index is 12.0. The van der Waals surface area contributed by atoms with Gasteiger partial charge in [0.1, 0.15) is 42.0 Å². The summed E-state index contributed by atoms with van der Waals surface area (Å²) in [6, 6.07) is 15.1. The lowest BCUT2D eigenvalue weighted by Gasteiger charge is -2.14. The molecule has 2 aromatic heterocycles. The molecule has 2 aromatic carbocycles. The number of aliphatic carboxylic acids is 1. The first-order valence-corrected chi connectivity index (χ1v) is 14.7. The van der Waals surface area contributed by atoms with Gasteiger partial charge in [0, 0.05) is 41.1 Å². The van der Waals surface area contributed by atoms with E-state index in [2.05, 4.69) is 25.6 Å². The highest BCUT2D eigenvalue weighted by atomic mass is 32.2. The zero-order valence-electron chi connectivity index (χ0n) is 24.8. The minimum absolute atomic E-state index is 0.0274. The van der Waals surface area contributed by atoms with E-state index in [-0.39, 0.29) is 24.8 Å². The molecule has 1 unspecified atom stereocenters. The van der Waals surface area contributed by atoms with Crippen LogP contribution < -0.4 is 15.4 Å². The van der Waals surface area contributed by atoms with Crippen LogP contribution in [0.3, 0.4) is 0 Å². The molecule has 0 aliphatic rings. The van der Waals surface area contributed by atoms with Gasteiger partial charge in [0.25, 0.3) is 0 Å². The third-order valence-corrected chi connectivity index (χ3v) is 7.63. The van der Waals surface area contributed by atoms with Crippen LogP contribution in [0.2, 0.25) is 0 Å². The molecule has 0 saturated carbocycles. The Hall–Kier alpha value is -4.81. The number of nitrogens with zero attached hydrogens (tertiary/aromatic N) is 3. The number of ether oxygens (including phenoxy) is 2. The molecule has 44 heavy (non-hydrogen) atoms. The van der Waals surface area contributed by atoms with Gasteiger partial charge in [0.2, 0.25) is 5.91 Å². The Morgan fingerprint density at radius 2 is 1.86 bits per heavy atom. The van der Waals surface area contributed by atoms with Crippen molar-refractivity contribution >= 4 is 57.9 Å². The first kappa shape index (κ1) is 32.1. The second-order valence-electron chi connectivity index (χ2n) is 9.97. The minimum atomic E-state index is -1.19. The van der Waals surface area contributed by atoms with Crippen LogP contribution in [-0.2, 0) is 19.1 Å². The Morgan fingerprint density at radius 1 is 1.05 bits per heavy atom. The molecular weight excluding hydrogens is 582 g/mol. The smallest absolute Gasteiger partial charge is 0.314 e. The number of nitrogens with one attached hydrogen (secondary N) is 2. The molecule has 0 spiro atoms. The summed E-state index contributed by atoms with van der Waals surface area (Å²) in [5.41, 5.74) is 4.13. The summed E-state index contributed by atoms with van der Waals surface area (Å²) >= 11 is 1.20. The normalized spacial score (nSPS) is 12.0. The number of benzene rings is 2. The molecular formula is C32H33N5O6S. The van der Waals surface area contributed by atoms with Crippen molar-refractivity contribution in [3.8, 4) is 11.5 Å². The van der Waals surface area contributed by atoms with Crippen molar-refractivity contribution in [2.45, 2.75) is 20.8 Å². The third kappa shape index (κ3) is 8.85. The van der Waals surface area contributed by atoms with Crippen molar-refractivity contribution in [1.29, 1.82) is 0 Å². The Bertz CT molecular complexity index is 1680. The summed E-state index contributed by atoms with van der Waals surface area (Å²) in [7, 11) is 1.42. The van der Waals surface area contributed by atoms with E-state index < -0.39 is 17.7 Å². The third-order valence-electron chi connectivity index (χ3n) is 6.50. The highest BCUT2D eigenvalue weighted by molar-refractivity contribution is 8.03. The van der Waals surface area contributed by atoms with E-state index in [4.69, 9.17) is 9.47 Å². The largest absolute Gasteiger partial charge is 0.481 e. The Morgan fingerprint density at radius 3 is 2.55 bits per heavy atom. The van der Waals surface area contributed by atoms with Crippen LogP contribution in [0.15, 0.2) is 66.0 Å². The lowest BCUT2D eigenvalue weighted by molar-refractivity contribution is -0.144. The van der Waals surface area contributed by atoms with Crippen LogP contribution in [0, 0.1) is 19.8 Å². The van der Waals surface area contributed by atoms with Crippen LogP contribution in [0.5, 0.6) is 11.5 Å². The summed E-state index contributed by atoms with van der Waals surface area (Å²) in [4.78, 5) is 49.2. The summed E-state index contributed by atoms with van der Waals surface area (Å²) in [5, 5.41) is 16.3. The number of carboxylic acid groups (broad SMARTS) is 1. The van der Waals surface area contributed by atoms with Crippen LogP contribution >= 0.6 is 11.8 Å². The van der Waals surface area contributed by atoms with Gasteiger partial charge in [0.15, 0.2) is 0 Å². The zero-order chi connectivity index (χ0) is 31.6. The molecule has 0 bridgehead atoms. The number of hydrogen-bond donors (Lipinski definition) is 3. The van der Waals surface area contributed by atoms with Gasteiger partial charge in [-0.1, -0.05) is 6.07 Å². The van der Waals surface area contributed by atoms with E-state index in [9.17, 15) is 19.5 Å². The maximum Gasteiger partial charge on any atom is 0.314 e. The number of aromatic nitrogens is 3. The molecule has 12 heteroatoms. The number of carboxylic acids is 1. The van der Waals surface area contributed by atoms with E-state index in [0.717, 1.165) is 27.9 Å². The quantitative estimate of drug-likeness (QED) is 0.158. The lowest BCUT2D eigenvalue weighted by Crippen LogP contribution is -2.29. The molecule has 11 nitrogen and oxygen atoms in total.